The van der Waals surface area contributed by atoms with E-state index in [9.17, 15) is 0 Å². The molecule has 0 spiro atoms. The highest BCUT2D eigenvalue weighted by atomic mass is 16.5. The van der Waals surface area contributed by atoms with E-state index >= 15 is 0 Å². The van der Waals surface area contributed by atoms with Crippen molar-refractivity contribution in [3.05, 3.63) is 29.3 Å². The number of ether oxygens (including phenoxy) is 1. The van der Waals surface area contributed by atoms with Crippen LogP contribution in [0.25, 0.3) is 0 Å². The summed E-state index contributed by atoms with van der Waals surface area (Å²) in [7, 11) is 0. The first-order chi connectivity index (χ1) is 8.25. The highest BCUT2D eigenvalue weighted by Crippen LogP contribution is 2.26. The van der Waals surface area contributed by atoms with Gasteiger partial charge in [0.25, 0.3) is 0 Å². The molecule has 1 fully saturated rings. The van der Waals surface area contributed by atoms with E-state index in [2.05, 4.69) is 35.8 Å². The monoisotopic (exact) mass is 232 g/mol. The van der Waals surface area contributed by atoms with Crippen LogP contribution in [0.2, 0.25) is 0 Å². The lowest BCUT2D eigenvalue weighted by atomic mass is 10.0. The van der Waals surface area contributed by atoms with E-state index in [0.717, 1.165) is 44.8 Å². The molecule has 0 saturated carbocycles. The van der Waals surface area contributed by atoms with Crippen LogP contribution >= 0.6 is 0 Å². The van der Waals surface area contributed by atoms with Crippen molar-refractivity contribution in [1.82, 2.24) is 10.6 Å². The second kappa shape index (κ2) is 4.31. The molecule has 1 aromatic carbocycles. The first-order valence-corrected chi connectivity index (χ1v) is 6.47. The van der Waals surface area contributed by atoms with Gasteiger partial charge in [-0.1, -0.05) is 6.07 Å². The van der Waals surface area contributed by atoms with Crippen molar-refractivity contribution in [1.29, 1.82) is 0 Å². The minimum Gasteiger partial charge on any atom is -0.486 e. The maximum absolute atomic E-state index is 6.15. The van der Waals surface area contributed by atoms with Gasteiger partial charge in [-0.05, 0) is 49.7 Å². The van der Waals surface area contributed by atoms with E-state index in [1.54, 1.807) is 0 Å². The highest BCUT2D eigenvalue weighted by Gasteiger charge is 2.30. The van der Waals surface area contributed by atoms with E-state index in [0.29, 0.717) is 0 Å². The van der Waals surface area contributed by atoms with Crippen molar-refractivity contribution in [2.45, 2.75) is 31.9 Å². The molecule has 3 nitrogen and oxygen atoms in total. The third kappa shape index (κ3) is 2.31. The minimum atomic E-state index is -0.0266. The van der Waals surface area contributed by atoms with E-state index in [4.69, 9.17) is 4.74 Å². The topological polar surface area (TPSA) is 33.3 Å². The number of hydrogen-bond donors (Lipinski definition) is 2. The Morgan fingerprint density at radius 2 is 2.12 bits per heavy atom. The quantitative estimate of drug-likeness (QED) is 0.810. The molecule has 0 aliphatic carbocycles. The van der Waals surface area contributed by atoms with Gasteiger partial charge in [0, 0.05) is 19.5 Å². The Morgan fingerprint density at radius 3 is 2.94 bits per heavy atom. The molecular formula is C14H20N2O. The maximum Gasteiger partial charge on any atom is 0.120 e. The number of rotatable bonds is 2. The summed E-state index contributed by atoms with van der Waals surface area (Å²) in [6.07, 6.45) is 2.20. The number of benzene rings is 1. The van der Waals surface area contributed by atoms with E-state index in [1.165, 1.54) is 11.1 Å². The average Bonchev–Trinajstić information content (AvgIpc) is 2.76. The Morgan fingerprint density at radius 1 is 1.18 bits per heavy atom. The standard InChI is InChI=1S/C14H20N2O/c1-14(5-7-16-10-14)17-13-3-2-12-9-15-6-4-11(12)8-13/h2-3,8,15-16H,4-7,9-10H2,1H3. The molecule has 1 aromatic rings. The Kier molecular flexibility index (Phi) is 2.81. The Hall–Kier alpha value is -1.06. The number of hydrogen-bond acceptors (Lipinski definition) is 3. The Labute approximate surface area is 103 Å². The van der Waals surface area contributed by atoms with Crippen molar-refractivity contribution in [2.75, 3.05) is 19.6 Å². The molecular weight excluding hydrogens is 212 g/mol. The van der Waals surface area contributed by atoms with Crippen LogP contribution in [0.15, 0.2) is 18.2 Å². The van der Waals surface area contributed by atoms with Crippen LogP contribution in [-0.2, 0) is 13.0 Å². The first kappa shape index (κ1) is 11.1. The lowest BCUT2D eigenvalue weighted by Gasteiger charge is -2.26. The normalized spacial score (nSPS) is 27.8. The van der Waals surface area contributed by atoms with Crippen molar-refractivity contribution in [3.8, 4) is 5.75 Å². The van der Waals surface area contributed by atoms with Gasteiger partial charge in [0.1, 0.15) is 11.4 Å². The van der Waals surface area contributed by atoms with Gasteiger partial charge < -0.3 is 15.4 Å². The fourth-order valence-corrected chi connectivity index (χ4v) is 2.68. The molecule has 3 heteroatoms. The summed E-state index contributed by atoms with van der Waals surface area (Å²) in [6, 6.07) is 6.53. The summed E-state index contributed by atoms with van der Waals surface area (Å²) >= 11 is 0. The summed E-state index contributed by atoms with van der Waals surface area (Å²) in [4.78, 5) is 0. The zero-order valence-electron chi connectivity index (χ0n) is 10.4. The molecule has 2 heterocycles. The SMILES string of the molecule is CC1(Oc2ccc3c(c2)CCNC3)CCNC1. The van der Waals surface area contributed by atoms with E-state index in [-0.39, 0.29) is 5.60 Å². The van der Waals surface area contributed by atoms with Gasteiger partial charge in [-0.3, -0.25) is 0 Å². The van der Waals surface area contributed by atoms with Gasteiger partial charge >= 0.3 is 0 Å². The molecule has 0 radical (unpaired) electrons. The molecule has 3 rings (SSSR count). The molecule has 17 heavy (non-hydrogen) atoms. The number of nitrogens with one attached hydrogen (secondary N) is 2. The Balaban J connectivity index is 1.79. The molecule has 0 bridgehead atoms. The van der Waals surface area contributed by atoms with Crippen LogP contribution in [0, 0.1) is 0 Å². The third-order valence-corrected chi connectivity index (χ3v) is 3.76. The van der Waals surface area contributed by atoms with Gasteiger partial charge in [-0.15, -0.1) is 0 Å². The molecule has 1 atom stereocenters. The van der Waals surface area contributed by atoms with E-state index in [1.807, 2.05) is 0 Å². The minimum absolute atomic E-state index is 0.0266. The molecule has 0 amide bonds. The lowest BCUT2D eigenvalue weighted by Crippen LogP contribution is -2.34. The highest BCUT2D eigenvalue weighted by molar-refractivity contribution is 5.37. The summed E-state index contributed by atoms with van der Waals surface area (Å²) in [5, 5.41) is 6.75. The maximum atomic E-state index is 6.15. The first-order valence-electron chi connectivity index (χ1n) is 6.47. The van der Waals surface area contributed by atoms with Crippen molar-refractivity contribution < 1.29 is 4.74 Å². The van der Waals surface area contributed by atoms with Crippen LogP contribution in [0.5, 0.6) is 5.75 Å². The zero-order chi connectivity index (χ0) is 11.7. The smallest absolute Gasteiger partial charge is 0.120 e. The molecule has 1 saturated heterocycles. The second-order valence-electron chi connectivity index (χ2n) is 5.34. The van der Waals surface area contributed by atoms with Crippen molar-refractivity contribution in [2.24, 2.45) is 0 Å². The molecule has 0 aromatic heterocycles. The fraction of sp³-hybridized carbons (Fsp3) is 0.571. The lowest BCUT2D eigenvalue weighted by molar-refractivity contribution is 0.111. The van der Waals surface area contributed by atoms with Gasteiger partial charge in [0.15, 0.2) is 0 Å². The molecule has 2 aliphatic rings. The third-order valence-electron chi connectivity index (χ3n) is 3.76. The van der Waals surface area contributed by atoms with Crippen molar-refractivity contribution in [3.63, 3.8) is 0 Å². The van der Waals surface area contributed by atoms with Gasteiger partial charge in [-0.2, -0.15) is 0 Å². The largest absolute Gasteiger partial charge is 0.486 e. The summed E-state index contributed by atoms with van der Waals surface area (Å²) in [5.41, 5.74) is 2.83. The number of fused-ring (bicyclic) bond motifs is 1. The average molecular weight is 232 g/mol. The predicted octanol–water partition coefficient (Wildman–Crippen LogP) is 1.46. The van der Waals surface area contributed by atoms with Gasteiger partial charge in [0.05, 0.1) is 0 Å². The van der Waals surface area contributed by atoms with Crippen molar-refractivity contribution >= 4 is 0 Å². The van der Waals surface area contributed by atoms with Crippen LogP contribution in [0.1, 0.15) is 24.5 Å². The molecule has 2 aliphatic heterocycles. The van der Waals surface area contributed by atoms with Crippen LogP contribution < -0.4 is 15.4 Å². The Bertz CT molecular complexity index is 411. The molecule has 1 unspecified atom stereocenters. The van der Waals surface area contributed by atoms with Gasteiger partial charge in [-0.25, -0.2) is 0 Å². The zero-order valence-corrected chi connectivity index (χ0v) is 10.4. The van der Waals surface area contributed by atoms with Crippen LogP contribution in [0.3, 0.4) is 0 Å². The summed E-state index contributed by atoms with van der Waals surface area (Å²) < 4.78 is 6.15. The fourth-order valence-electron chi connectivity index (χ4n) is 2.68. The molecule has 92 valence electrons. The van der Waals surface area contributed by atoms with Crippen LogP contribution in [0.4, 0.5) is 0 Å². The summed E-state index contributed by atoms with van der Waals surface area (Å²) in [6.45, 7) is 6.27. The predicted molar refractivity (Wildman–Crippen MR) is 68.4 cm³/mol. The second-order valence-corrected chi connectivity index (χ2v) is 5.34. The molecule has 2 N–H and O–H groups in total. The summed E-state index contributed by atoms with van der Waals surface area (Å²) in [5.74, 6) is 1.02. The van der Waals surface area contributed by atoms with E-state index < -0.39 is 0 Å². The van der Waals surface area contributed by atoms with Gasteiger partial charge in [0.2, 0.25) is 0 Å². The van der Waals surface area contributed by atoms with Crippen LogP contribution in [-0.4, -0.2) is 25.2 Å².